The van der Waals surface area contributed by atoms with Crippen LogP contribution < -0.4 is 0 Å². The highest BCUT2D eigenvalue weighted by atomic mass is 19.1. The zero-order chi connectivity index (χ0) is 13.4. The predicted molar refractivity (Wildman–Crippen MR) is 66.4 cm³/mol. The Labute approximate surface area is 107 Å². The van der Waals surface area contributed by atoms with E-state index in [4.69, 9.17) is 0 Å². The van der Waals surface area contributed by atoms with Crippen molar-refractivity contribution in [2.24, 2.45) is 0 Å². The standard InChI is InChI=1S/C14H8F2N2O/c15-11-3-4-13-10(5-11)7-18(17-13)14-6-12(16)2-1-9(14)8-19/h1-8H. The minimum absolute atomic E-state index is 0.315. The van der Waals surface area contributed by atoms with Crippen LogP contribution in [-0.2, 0) is 0 Å². The summed E-state index contributed by atoms with van der Waals surface area (Å²) in [6.45, 7) is 0. The van der Waals surface area contributed by atoms with Crippen LogP contribution >= 0.6 is 0 Å². The van der Waals surface area contributed by atoms with Gasteiger partial charge in [0.15, 0.2) is 6.29 Å². The van der Waals surface area contributed by atoms with Crippen molar-refractivity contribution in [3.8, 4) is 5.69 Å². The summed E-state index contributed by atoms with van der Waals surface area (Å²) in [5, 5.41) is 4.78. The van der Waals surface area contributed by atoms with Crippen molar-refractivity contribution in [2.75, 3.05) is 0 Å². The normalized spacial score (nSPS) is 10.8. The Kier molecular flexibility index (Phi) is 2.59. The van der Waals surface area contributed by atoms with Crippen molar-refractivity contribution in [1.29, 1.82) is 0 Å². The first-order valence-corrected chi connectivity index (χ1v) is 5.57. The van der Waals surface area contributed by atoms with Crippen molar-refractivity contribution in [2.45, 2.75) is 0 Å². The van der Waals surface area contributed by atoms with Crippen LogP contribution in [0.2, 0.25) is 0 Å². The van der Waals surface area contributed by atoms with Crippen LogP contribution in [0.4, 0.5) is 8.78 Å². The molecule has 0 aliphatic rings. The Morgan fingerprint density at radius 2 is 1.79 bits per heavy atom. The van der Waals surface area contributed by atoms with Crippen LogP contribution in [0, 0.1) is 11.6 Å². The lowest BCUT2D eigenvalue weighted by molar-refractivity contribution is 0.112. The molecule has 0 aliphatic carbocycles. The van der Waals surface area contributed by atoms with E-state index < -0.39 is 5.82 Å². The second-order valence-electron chi connectivity index (χ2n) is 4.10. The van der Waals surface area contributed by atoms with Crippen molar-refractivity contribution in [3.05, 3.63) is 59.8 Å². The molecule has 1 heterocycles. The molecule has 0 spiro atoms. The number of nitrogens with zero attached hydrogens (tertiary/aromatic N) is 2. The van der Waals surface area contributed by atoms with E-state index in [-0.39, 0.29) is 5.82 Å². The van der Waals surface area contributed by atoms with Gasteiger partial charge in [-0.15, -0.1) is 0 Å². The Hall–Kier alpha value is -2.56. The zero-order valence-corrected chi connectivity index (χ0v) is 9.68. The number of fused-ring (bicyclic) bond motifs is 1. The monoisotopic (exact) mass is 258 g/mol. The summed E-state index contributed by atoms with van der Waals surface area (Å²) in [5.41, 5.74) is 1.21. The fraction of sp³-hybridized carbons (Fsp3) is 0. The van der Waals surface area contributed by atoms with Crippen molar-refractivity contribution in [1.82, 2.24) is 9.78 Å². The highest BCUT2D eigenvalue weighted by Crippen LogP contribution is 2.19. The quantitative estimate of drug-likeness (QED) is 0.662. The fourth-order valence-electron chi connectivity index (χ4n) is 1.93. The van der Waals surface area contributed by atoms with E-state index in [0.717, 1.165) is 0 Å². The molecule has 0 N–H and O–H groups in total. The maximum atomic E-state index is 13.3. The van der Waals surface area contributed by atoms with Crippen molar-refractivity contribution >= 4 is 17.2 Å². The molecule has 2 aromatic carbocycles. The first-order valence-electron chi connectivity index (χ1n) is 5.57. The van der Waals surface area contributed by atoms with Gasteiger partial charge < -0.3 is 0 Å². The molecule has 3 nitrogen and oxygen atoms in total. The van der Waals surface area contributed by atoms with Crippen LogP contribution in [0.5, 0.6) is 0 Å². The first-order chi connectivity index (χ1) is 9.17. The molecule has 19 heavy (non-hydrogen) atoms. The Morgan fingerprint density at radius 1 is 1.05 bits per heavy atom. The zero-order valence-electron chi connectivity index (χ0n) is 9.68. The van der Waals surface area contributed by atoms with Gasteiger partial charge in [-0.1, -0.05) is 0 Å². The molecule has 0 amide bonds. The van der Waals surface area contributed by atoms with Gasteiger partial charge in [0.2, 0.25) is 0 Å². The topological polar surface area (TPSA) is 34.9 Å². The average molecular weight is 258 g/mol. The Bertz CT molecular complexity index is 780. The molecule has 0 radical (unpaired) electrons. The second kappa shape index (κ2) is 4.28. The van der Waals surface area contributed by atoms with Gasteiger partial charge in [-0.2, -0.15) is 5.10 Å². The highest BCUT2D eigenvalue weighted by Gasteiger charge is 2.09. The van der Waals surface area contributed by atoms with Crippen LogP contribution in [0.15, 0.2) is 42.6 Å². The molecule has 0 saturated carbocycles. The summed E-state index contributed by atoms with van der Waals surface area (Å²) >= 11 is 0. The number of benzene rings is 2. The van der Waals surface area contributed by atoms with Gasteiger partial charge in [-0.25, -0.2) is 13.5 Å². The SMILES string of the molecule is O=Cc1ccc(F)cc1-n1cc2cc(F)ccc2n1. The summed E-state index contributed by atoms with van der Waals surface area (Å²) < 4.78 is 27.7. The van der Waals surface area contributed by atoms with E-state index in [1.807, 2.05) is 0 Å². The predicted octanol–water partition coefficient (Wildman–Crippen LogP) is 3.12. The molecule has 0 saturated heterocycles. The summed E-state index contributed by atoms with van der Waals surface area (Å²) in [6, 6.07) is 7.96. The van der Waals surface area contributed by atoms with E-state index in [0.29, 0.717) is 28.4 Å². The molecular formula is C14H8F2N2O. The number of hydrogen-bond acceptors (Lipinski definition) is 2. The molecule has 3 aromatic rings. The largest absolute Gasteiger partial charge is 0.298 e. The summed E-state index contributed by atoms with van der Waals surface area (Å²) in [4.78, 5) is 11.0. The number of hydrogen-bond donors (Lipinski definition) is 0. The number of aromatic nitrogens is 2. The third kappa shape index (κ3) is 1.99. The van der Waals surface area contributed by atoms with Crippen LogP contribution in [0.3, 0.4) is 0 Å². The van der Waals surface area contributed by atoms with Crippen LogP contribution in [0.25, 0.3) is 16.6 Å². The smallest absolute Gasteiger partial charge is 0.152 e. The van der Waals surface area contributed by atoms with Gasteiger partial charge in [0.25, 0.3) is 0 Å². The van der Waals surface area contributed by atoms with E-state index in [1.54, 1.807) is 6.20 Å². The Balaban J connectivity index is 2.24. The minimum Gasteiger partial charge on any atom is -0.298 e. The van der Waals surface area contributed by atoms with Crippen molar-refractivity contribution in [3.63, 3.8) is 0 Å². The van der Waals surface area contributed by atoms with Gasteiger partial charge in [-0.05, 0) is 30.3 Å². The van der Waals surface area contributed by atoms with Gasteiger partial charge in [0.05, 0.1) is 11.2 Å². The molecule has 3 rings (SSSR count). The number of halogens is 2. The molecular weight excluding hydrogens is 250 g/mol. The summed E-state index contributed by atoms with van der Waals surface area (Å²) in [5.74, 6) is -0.840. The lowest BCUT2D eigenvalue weighted by Gasteiger charge is -2.04. The number of carbonyl (C=O) groups is 1. The fourth-order valence-corrected chi connectivity index (χ4v) is 1.93. The first kappa shape index (κ1) is 11.5. The number of carbonyl (C=O) groups excluding carboxylic acids is 1. The molecule has 0 aliphatic heterocycles. The van der Waals surface area contributed by atoms with Gasteiger partial charge in [-0.3, -0.25) is 4.79 Å². The van der Waals surface area contributed by atoms with Crippen LogP contribution in [0.1, 0.15) is 10.4 Å². The van der Waals surface area contributed by atoms with E-state index in [9.17, 15) is 13.6 Å². The van der Waals surface area contributed by atoms with Gasteiger partial charge >= 0.3 is 0 Å². The molecule has 0 bridgehead atoms. The third-order valence-electron chi connectivity index (χ3n) is 2.83. The molecule has 5 heteroatoms. The Morgan fingerprint density at radius 3 is 2.58 bits per heavy atom. The second-order valence-corrected chi connectivity index (χ2v) is 4.10. The van der Waals surface area contributed by atoms with Crippen LogP contribution in [-0.4, -0.2) is 16.1 Å². The maximum Gasteiger partial charge on any atom is 0.152 e. The highest BCUT2D eigenvalue weighted by molar-refractivity contribution is 5.83. The number of rotatable bonds is 2. The lowest BCUT2D eigenvalue weighted by atomic mass is 10.2. The van der Waals surface area contributed by atoms with E-state index in [2.05, 4.69) is 5.10 Å². The molecule has 94 valence electrons. The van der Waals surface area contributed by atoms with E-state index >= 15 is 0 Å². The molecule has 1 aromatic heterocycles. The lowest BCUT2D eigenvalue weighted by Crippen LogP contribution is -2.00. The average Bonchev–Trinajstić information content (AvgIpc) is 2.81. The maximum absolute atomic E-state index is 13.3. The van der Waals surface area contributed by atoms with Gasteiger partial charge in [0, 0.05) is 23.2 Å². The number of aldehydes is 1. The minimum atomic E-state index is -0.466. The summed E-state index contributed by atoms with van der Waals surface area (Å²) in [6.07, 6.45) is 2.18. The van der Waals surface area contributed by atoms with Gasteiger partial charge in [0.1, 0.15) is 11.6 Å². The molecule has 0 atom stereocenters. The molecule has 0 unspecified atom stereocenters. The van der Waals surface area contributed by atoms with Crippen molar-refractivity contribution < 1.29 is 13.6 Å². The summed E-state index contributed by atoms with van der Waals surface area (Å²) in [7, 11) is 0. The molecule has 0 fully saturated rings. The van der Waals surface area contributed by atoms with E-state index in [1.165, 1.54) is 41.1 Å². The third-order valence-corrected chi connectivity index (χ3v) is 2.83.